The summed E-state index contributed by atoms with van der Waals surface area (Å²) in [5.41, 5.74) is 2.05. The van der Waals surface area contributed by atoms with Gasteiger partial charge in [-0.3, -0.25) is 4.79 Å². The molecule has 108 valence electrons. The first-order valence-electron chi connectivity index (χ1n) is 6.48. The van der Waals surface area contributed by atoms with Gasteiger partial charge in [-0.2, -0.15) is 0 Å². The van der Waals surface area contributed by atoms with E-state index in [4.69, 9.17) is 5.11 Å². The molecule has 0 saturated carbocycles. The molecule has 1 N–H and O–H groups in total. The topological polar surface area (TPSA) is 37.3 Å². The quantitative estimate of drug-likeness (QED) is 0.890. The van der Waals surface area contributed by atoms with Gasteiger partial charge in [-0.1, -0.05) is 30.4 Å². The Morgan fingerprint density at radius 3 is 2.52 bits per heavy atom. The van der Waals surface area contributed by atoms with Crippen molar-refractivity contribution in [2.45, 2.75) is 12.8 Å². The molecule has 0 unspecified atom stereocenters. The van der Waals surface area contributed by atoms with Crippen molar-refractivity contribution >= 4 is 11.5 Å². The predicted octanol–water partition coefficient (Wildman–Crippen LogP) is 4.42. The summed E-state index contributed by atoms with van der Waals surface area (Å²) in [6.45, 7) is 0. The SMILES string of the molecule is O=C(O)C/C=C(/C1=CCC=C(F)C=C1)c1ccc(F)cc1. The standard InChI is InChI=1S/C17H14F2O2/c18-14-3-1-2-12(4-7-14)16(10-11-17(20)21)13-5-8-15(19)9-6-13/h2-10H,1,11H2,(H,20,21)/b16-10-. The summed E-state index contributed by atoms with van der Waals surface area (Å²) in [4.78, 5) is 10.8. The normalized spacial score (nSPS) is 15.2. The van der Waals surface area contributed by atoms with E-state index < -0.39 is 5.97 Å². The average molecular weight is 288 g/mol. The fourth-order valence-corrected chi connectivity index (χ4v) is 2.02. The lowest BCUT2D eigenvalue weighted by Crippen LogP contribution is -1.94. The number of allylic oxidation sites excluding steroid dienone is 7. The molecule has 0 spiro atoms. The Balaban J connectivity index is 2.39. The summed E-state index contributed by atoms with van der Waals surface area (Å²) in [6, 6.07) is 5.77. The Morgan fingerprint density at radius 2 is 1.86 bits per heavy atom. The van der Waals surface area contributed by atoms with Crippen molar-refractivity contribution in [2.24, 2.45) is 0 Å². The van der Waals surface area contributed by atoms with E-state index in [9.17, 15) is 13.6 Å². The Morgan fingerprint density at radius 1 is 1.14 bits per heavy atom. The molecule has 0 radical (unpaired) electrons. The van der Waals surface area contributed by atoms with Crippen LogP contribution in [0.25, 0.3) is 5.57 Å². The first-order chi connectivity index (χ1) is 10.1. The molecule has 1 aliphatic rings. The molecule has 2 nitrogen and oxygen atoms in total. The van der Waals surface area contributed by atoms with Gasteiger partial charge in [0.2, 0.25) is 0 Å². The molecule has 4 heteroatoms. The van der Waals surface area contributed by atoms with Crippen molar-refractivity contribution in [1.82, 2.24) is 0 Å². The second-order valence-electron chi connectivity index (χ2n) is 4.54. The van der Waals surface area contributed by atoms with Gasteiger partial charge in [-0.15, -0.1) is 0 Å². The van der Waals surface area contributed by atoms with Gasteiger partial charge in [0.1, 0.15) is 11.6 Å². The number of halogens is 2. The number of carbonyl (C=O) groups is 1. The molecule has 1 aromatic carbocycles. The van der Waals surface area contributed by atoms with Crippen molar-refractivity contribution in [3.05, 3.63) is 77.4 Å². The van der Waals surface area contributed by atoms with Gasteiger partial charge in [-0.05, 0) is 47.4 Å². The third kappa shape index (κ3) is 4.24. The van der Waals surface area contributed by atoms with E-state index >= 15 is 0 Å². The molecule has 21 heavy (non-hydrogen) atoms. The molecular formula is C17H14F2O2. The van der Waals surface area contributed by atoms with Crippen molar-refractivity contribution in [3.63, 3.8) is 0 Å². The lowest BCUT2D eigenvalue weighted by molar-refractivity contribution is -0.135. The van der Waals surface area contributed by atoms with Gasteiger partial charge in [-0.25, -0.2) is 8.78 Å². The summed E-state index contributed by atoms with van der Waals surface area (Å²) in [7, 11) is 0. The molecule has 1 aromatic rings. The molecule has 0 heterocycles. The number of hydrogen-bond donors (Lipinski definition) is 1. The van der Waals surface area contributed by atoms with Crippen LogP contribution in [-0.2, 0) is 4.79 Å². The van der Waals surface area contributed by atoms with Crippen LogP contribution in [0.15, 0.2) is 66.0 Å². The second-order valence-corrected chi connectivity index (χ2v) is 4.54. The van der Waals surface area contributed by atoms with E-state index in [2.05, 4.69) is 0 Å². The van der Waals surface area contributed by atoms with Crippen LogP contribution >= 0.6 is 0 Å². The maximum atomic E-state index is 13.2. The first-order valence-corrected chi connectivity index (χ1v) is 6.48. The van der Waals surface area contributed by atoms with E-state index in [1.165, 1.54) is 24.3 Å². The average Bonchev–Trinajstić information content (AvgIpc) is 2.66. The number of rotatable bonds is 4. The molecule has 0 bridgehead atoms. The number of carboxylic acid groups (broad SMARTS) is 1. The number of carboxylic acids is 1. The maximum Gasteiger partial charge on any atom is 0.307 e. The van der Waals surface area contributed by atoms with Gasteiger partial charge in [0.25, 0.3) is 0 Å². The molecule has 1 aliphatic carbocycles. The number of hydrogen-bond acceptors (Lipinski definition) is 1. The van der Waals surface area contributed by atoms with Gasteiger partial charge >= 0.3 is 5.97 Å². The Labute approximate surface area is 121 Å². The lowest BCUT2D eigenvalue weighted by Gasteiger charge is -2.09. The van der Waals surface area contributed by atoms with Crippen molar-refractivity contribution < 1.29 is 18.7 Å². The highest BCUT2D eigenvalue weighted by Crippen LogP contribution is 2.27. The highest BCUT2D eigenvalue weighted by atomic mass is 19.1. The van der Waals surface area contributed by atoms with E-state index in [0.717, 1.165) is 0 Å². The molecule has 0 fully saturated rings. The van der Waals surface area contributed by atoms with Crippen LogP contribution < -0.4 is 0 Å². The monoisotopic (exact) mass is 288 g/mol. The third-order valence-electron chi connectivity index (χ3n) is 3.02. The molecule has 0 saturated heterocycles. The minimum atomic E-state index is -0.961. The van der Waals surface area contributed by atoms with Crippen LogP contribution in [0.4, 0.5) is 8.78 Å². The van der Waals surface area contributed by atoms with Gasteiger partial charge in [0, 0.05) is 0 Å². The van der Waals surface area contributed by atoms with Gasteiger partial charge in [0.15, 0.2) is 0 Å². The van der Waals surface area contributed by atoms with E-state index in [0.29, 0.717) is 23.1 Å². The zero-order valence-corrected chi connectivity index (χ0v) is 11.2. The van der Waals surface area contributed by atoms with Gasteiger partial charge < -0.3 is 5.11 Å². The second kappa shape index (κ2) is 6.79. The zero-order valence-electron chi connectivity index (χ0n) is 11.2. The van der Waals surface area contributed by atoms with E-state index in [-0.39, 0.29) is 18.1 Å². The van der Waals surface area contributed by atoms with Crippen LogP contribution in [0.3, 0.4) is 0 Å². The molecule has 0 aromatic heterocycles. The molecule has 2 rings (SSSR count). The summed E-state index contributed by atoms with van der Waals surface area (Å²) >= 11 is 0. The highest BCUT2D eigenvalue weighted by molar-refractivity contribution is 5.84. The fourth-order valence-electron chi connectivity index (χ4n) is 2.02. The predicted molar refractivity (Wildman–Crippen MR) is 77.7 cm³/mol. The van der Waals surface area contributed by atoms with Crippen LogP contribution in [0.1, 0.15) is 18.4 Å². The van der Waals surface area contributed by atoms with Crippen molar-refractivity contribution in [2.75, 3.05) is 0 Å². The van der Waals surface area contributed by atoms with E-state index in [1.807, 2.05) is 0 Å². The Kier molecular flexibility index (Phi) is 4.82. The minimum absolute atomic E-state index is 0.159. The number of benzene rings is 1. The molecule has 0 aliphatic heterocycles. The molecule has 0 amide bonds. The number of aliphatic carboxylic acids is 1. The van der Waals surface area contributed by atoms with E-state index in [1.54, 1.807) is 30.4 Å². The van der Waals surface area contributed by atoms with Crippen LogP contribution in [0.2, 0.25) is 0 Å². The smallest absolute Gasteiger partial charge is 0.307 e. The Bertz CT molecular complexity index is 650. The largest absolute Gasteiger partial charge is 0.481 e. The fraction of sp³-hybridized carbons (Fsp3) is 0.118. The summed E-state index contributed by atoms with van der Waals surface area (Å²) in [5, 5.41) is 8.84. The highest BCUT2D eigenvalue weighted by Gasteiger charge is 2.09. The first kappa shape index (κ1) is 14.9. The Hall–Kier alpha value is -2.49. The maximum absolute atomic E-state index is 13.2. The molecule has 0 atom stereocenters. The van der Waals surface area contributed by atoms with Crippen LogP contribution in [0, 0.1) is 5.82 Å². The van der Waals surface area contributed by atoms with Gasteiger partial charge in [0.05, 0.1) is 6.42 Å². The molecular weight excluding hydrogens is 274 g/mol. The third-order valence-corrected chi connectivity index (χ3v) is 3.02. The van der Waals surface area contributed by atoms with Crippen LogP contribution in [-0.4, -0.2) is 11.1 Å². The summed E-state index contributed by atoms with van der Waals surface area (Å²) < 4.78 is 26.3. The van der Waals surface area contributed by atoms with Crippen molar-refractivity contribution in [3.8, 4) is 0 Å². The zero-order chi connectivity index (χ0) is 15.2. The van der Waals surface area contributed by atoms with Crippen molar-refractivity contribution in [1.29, 1.82) is 0 Å². The van der Waals surface area contributed by atoms with Crippen LogP contribution in [0.5, 0.6) is 0 Å². The minimum Gasteiger partial charge on any atom is -0.481 e. The lowest BCUT2D eigenvalue weighted by atomic mass is 9.95. The summed E-state index contributed by atoms with van der Waals surface area (Å²) in [6.07, 6.45) is 7.97. The summed E-state index contributed by atoms with van der Waals surface area (Å²) in [5.74, 6) is -1.66.